The molecule has 8 nitrogen and oxygen atoms in total. The molecule has 1 saturated carbocycles. The maximum atomic E-state index is 13.5. The lowest BCUT2D eigenvalue weighted by Gasteiger charge is -2.36. The second kappa shape index (κ2) is 8.67. The molecule has 1 aliphatic carbocycles. The van der Waals surface area contributed by atoms with Gasteiger partial charge in [0.1, 0.15) is 5.54 Å². The van der Waals surface area contributed by atoms with E-state index in [0.717, 1.165) is 35.1 Å². The van der Waals surface area contributed by atoms with Gasteiger partial charge in [-0.3, -0.25) is 9.69 Å². The van der Waals surface area contributed by atoms with E-state index in [-0.39, 0.29) is 18.6 Å². The molecule has 1 aromatic rings. The molecule has 4 rings (SSSR count). The van der Waals surface area contributed by atoms with E-state index >= 15 is 0 Å². The van der Waals surface area contributed by atoms with Crippen molar-refractivity contribution in [2.45, 2.75) is 70.7 Å². The van der Waals surface area contributed by atoms with Gasteiger partial charge in [-0.25, -0.2) is 18.1 Å². The van der Waals surface area contributed by atoms with Gasteiger partial charge in [0.2, 0.25) is 10.0 Å². The lowest BCUT2D eigenvalue weighted by molar-refractivity contribution is -0.134. The Hall–Kier alpha value is -1.97. The number of imide groups is 1. The molecule has 9 heteroatoms. The number of benzene rings is 1. The number of nitrogens with zero attached hydrogens (tertiary/aromatic N) is 3. The Kier molecular flexibility index (Phi) is 6.35. The molecule has 0 radical (unpaired) electrons. The van der Waals surface area contributed by atoms with Gasteiger partial charge in [-0.1, -0.05) is 13.0 Å². The number of sulfonamides is 1. The number of piperazine rings is 1. The fourth-order valence-electron chi connectivity index (χ4n) is 5.41. The summed E-state index contributed by atoms with van der Waals surface area (Å²) < 4.78 is 28.5. The van der Waals surface area contributed by atoms with Crippen LogP contribution >= 0.6 is 0 Å². The molecule has 0 bridgehead atoms. The molecule has 33 heavy (non-hydrogen) atoms. The highest BCUT2D eigenvalue weighted by molar-refractivity contribution is 7.89. The molecule has 1 N–H and O–H groups in total. The quantitative estimate of drug-likeness (QED) is 0.675. The lowest BCUT2D eigenvalue weighted by Crippen LogP contribution is -2.53. The van der Waals surface area contributed by atoms with Crippen LogP contribution in [0.3, 0.4) is 0 Å². The van der Waals surface area contributed by atoms with Crippen LogP contribution in [-0.4, -0.2) is 72.8 Å². The minimum atomic E-state index is -3.62. The van der Waals surface area contributed by atoms with E-state index in [4.69, 9.17) is 0 Å². The molecule has 2 saturated heterocycles. The van der Waals surface area contributed by atoms with Crippen molar-refractivity contribution in [1.82, 2.24) is 19.4 Å². The summed E-state index contributed by atoms with van der Waals surface area (Å²) in [6, 6.07) is 1.70. The van der Waals surface area contributed by atoms with E-state index in [0.29, 0.717) is 49.8 Å². The summed E-state index contributed by atoms with van der Waals surface area (Å²) in [5.41, 5.74) is 2.80. The van der Waals surface area contributed by atoms with Crippen LogP contribution in [0.15, 0.2) is 11.0 Å². The molecule has 0 aromatic heterocycles. The summed E-state index contributed by atoms with van der Waals surface area (Å²) in [7, 11) is -3.62. The van der Waals surface area contributed by atoms with Gasteiger partial charge in [-0.05, 0) is 81.5 Å². The zero-order valence-electron chi connectivity index (χ0n) is 20.4. The fourth-order valence-corrected chi connectivity index (χ4v) is 7.40. The summed E-state index contributed by atoms with van der Waals surface area (Å²) in [6.45, 7) is 11.6. The second-order valence-electron chi connectivity index (χ2n) is 10.2. The first-order chi connectivity index (χ1) is 15.5. The zero-order valence-corrected chi connectivity index (χ0v) is 21.2. The maximum absolute atomic E-state index is 13.5. The van der Waals surface area contributed by atoms with Crippen LogP contribution in [0.4, 0.5) is 4.79 Å². The number of urea groups is 1. The number of nitrogens with one attached hydrogen (secondary N) is 1. The molecule has 3 amide bonds. The molecule has 0 unspecified atom stereocenters. The third-order valence-corrected chi connectivity index (χ3v) is 10.1. The predicted octanol–water partition coefficient (Wildman–Crippen LogP) is 2.68. The van der Waals surface area contributed by atoms with Crippen LogP contribution in [0.5, 0.6) is 0 Å². The fraction of sp³-hybridized carbons (Fsp3) is 0.667. The Labute approximate surface area is 197 Å². The van der Waals surface area contributed by atoms with Gasteiger partial charge in [0, 0.05) is 26.2 Å². The average Bonchev–Trinajstić information content (AvgIpc) is 2.99. The highest BCUT2D eigenvalue weighted by atomic mass is 32.2. The van der Waals surface area contributed by atoms with Gasteiger partial charge < -0.3 is 5.32 Å². The van der Waals surface area contributed by atoms with Gasteiger partial charge in [0.15, 0.2) is 0 Å². The van der Waals surface area contributed by atoms with Crippen LogP contribution in [0, 0.1) is 33.6 Å². The number of hydrogen-bond acceptors (Lipinski definition) is 5. The molecule has 3 fully saturated rings. The minimum Gasteiger partial charge on any atom is -0.323 e. The number of hydrogen-bond donors (Lipinski definition) is 1. The zero-order chi connectivity index (χ0) is 24.1. The Bertz CT molecular complexity index is 1040. The van der Waals surface area contributed by atoms with Gasteiger partial charge in [0.05, 0.1) is 11.6 Å². The Balaban J connectivity index is 1.43. The first kappa shape index (κ1) is 24.2. The normalized spacial score (nSPS) is 27.4. The Morgan fingerprint density at radius 1 is 0.970 bits per heavy atom. The van der Waals surface area contributed by atoms with E-state index < -0.39 is 15.6 Å². The van der Waals surface area contributed by atoms with Crippen molar-refractivity contribution >= 4 is 22.0 Å². The Morgan fingerprint density at radius 2 is 1.52 bits per heavy atom. The van der Waals surface area contributed by atoms with E-state index in [1.54, 1.807) is 0 Å². The number of aryl methyl sites for hydroxylation is 2. The first-order valence-corrected chi connectivity index (χ1v) is 13.3. The van der Waals surface area contributed by atoms with Crippen molar-refractivity contribution in [3.63, 3.8) is 0 Å². The molecule has 1 aromatic carbocycles. The molecule has 0 atom stereocenters. The van der Waals surface area contributed by atoms with Gasteiger partial charge in [-0.15, -0.1) is 0 Å². The van der Waals surface area contributed by atoms with Crippen molar-refractivity contribution in [2.24, 2.45) is 5.92 Å². The second-order valence-corrected chi connectivity index (χ2v) is 12.1. The van der Waals surface area contributed by atoms with Crippen molar-refractivity contribution in [3.8, 4) is 0 Å². The monoisotopic (exact) mass is 476 g/mol. The molecular formula is C24H36N4O4S. The van der Waals surface area contributed by atoms with E-state index in [9.17, 15) is 18.0 Å². The van der Waals surface area contributed by atoms with Crippen LogP contribution in [0.1, 0.15) is 54.9 Å². The van der Waals surface area contributed by atoms with Crippen LogP contribution in [-0.2, 0) is 14.8 Å². The lowest BCUT2D eigenvalue weighted by atomic mass is 9.77. The molecule has 2 aliphatic heterocycles. The SMILES string of the molecule is Cc1cc(C)c(C)c(S(=O)(=O)N2CCN(CN3C(=O)NC4(CCC(C)CC4)C3=O)CC2)c1C. The third-order valence-electron chi connectivity index (χ3n) is 7.94. The molecule has 3 aliphatic rings. The van der Waals surface area contributed by atoms with Gasteiger partial charge in [-0.2, -0.15) is 4.31 Å². The van der Waals surface area contributed by atoms with Crippen molar-refractivity contribution in [1.29, 1.82) is 0 Å². The number of rotatable bonds is 4. The van der Waals surface area contributed by atoms with Gasteiger partial charge in [0.25, 0.3) is 5.91 Å². The van der Waals surface area contributed by atoms with Gasteiger partial charge >= 0.3 is 6.03 Å². The highest BCUT2D eigenvalue weighted by Gasteiger charge is 2.52. The molecular weight excluding hydrogens is 440 g/mol. The highest BCUT2D eigenvalue weighted by Crippen LogP contribution is 2.36. The summed E-state index contributed by atoms with van der Waals surface area (Å²) in [6.07, 6.45) is 3.26. The number of amides is 3. The first-order valence-electron chi connectivity index (χ1n) is 11.9. The minimum absolute atomic E-state index is 0.129. The maximum Gasteiger partial charge on any atom is 0.326 e. The van der Waals surface area contributed by atoms with Crippen LogP contribution in [0.2, 0.25) is 0 Å². The average molecular weight is 477 g/mol. The van der Waals surface area contributed by atoms with Crippen molar-refractivity contribution in [2.75, 3.05) is 32.8 Å². The summed E-state index contributed by atoms with van der Waals surface area (Å²) in [4.78, 5) is 29.5. The molecule has 182 valence electrons. The summed E-state index contributed by atoms with van der Waals surface area (Å²) in [5, 5.41) is 2.96. The summed E-state index contributed by atoms with van der Waals surface area (Å²) in [5.74, 6) is 0.449. The van der Waals surface area contributed by atoms with E-state index in [1.807, 2.05) is 38.7 Å². The number of carbonyl (C=O) groups is 2. The number of carbonyl (C=O) groups excluding carboxylic acids is 2. The Morgan fingerprint density at radius 3 is 2.06 bits per heavy atom. The molecule has 1 spiro atoms. The largest absolute Gasteiger partial charge is 0.326 e. The molecule has 2 heterocycles. The standard InChI is InChI=1S/C24H36N4O4S/c1-16-6-8-24(9-7-16)22(29)28(23(30)25-24)15-26-10-12-27(13-11-26)33(31,32)21-19(4)17(2)14-18(3)20(21)5/h14,16H,6-13,15H2,1-5H3,(H,25,30). The topological polar surface area (TPSA) is 90.0 Å². The predicted molar refractivity (Wildman–Crippen MR) is 126 cm³/mol. The van der Waals surface area contributed by atoms with E-state index in [1.165, 1.54) is 9.21 Å². The van der Waals surface area contributed by atoms with Crippen LogP contribution in [0.25, 0.3) is 0 Å². The van der Waals surface area contributed by atoms with Crippen molar-refractivity contribution in [3.05, 3.63) is 28.3 Å². The third kappa shape index (κ3) is 4.19. The smallest absolute Gasteiger partial charge is 0.323 e. The van der Waals surface area contributed by atoms with Crippen LogP contribution < -0.4 is 5.32 Å². The van der Waals surface area contributed by atoms with E-state index in [2.05, 4.69) is 12.2 Å². The summed E-state index contributed by atoms with van der Waals surface area (Å²) >= 11 is 0. The van der Waals surface area contributed by atoms with Crippen molar-refractivity contribution < 1.29 is 18.0 Å².